The van der Waals surface area contributed by atoms with Crippen LogP contribution in [0.15, 0.2) is 17.0 Å². The minimum absolute atomic E-state index is 0.0593. The number of rotatable bonds is 3. The number of nitrogens with two attached hydrogens (primary N) is 1. The first-order valence-corrected chi connectivity index (χ1v) is 7.17. The lowest BCUT2D eigenvalue weighted by Crippen LogP contribution is -2.13. The molecule has 0 aliphatic carbocycles. The third-order valence-corrected chi connectivity index (χ3v) is 4.06. The number of hydrogen-bond acceptors (Lipinski definition) is 3. The Bertz CT molecular complexity index is 492. The lowest BCUT2D eigenvalue weighted by atomic mass is 9.97. The van der Waals surface area contributed by atoms with Crippen molar-refractivity contribution in [3.8, 4) is 0 Å². The van der Waals surface area contributed by atoms with Crippen LogP contribution in [-0.4, -0.2) is 21.2 Å². The molecule has 1 rings (SSSR count). The Morgan fingerprint density at radius 2 is 1.75 bits per heavy atom. The molecule has 0 bridgehead atoms. The summed E-state index contributed by atoms with van der Waals surface area (Å²) in [5.41, 5.74) is 8.53. The van der Waals surface area contributed by atoms with Gasteiger partial charge in [0.1, 0.15) is 0 Å². The van der Waals surface area contributed by atoms with Gasteiger partial charge in [-0.25, -0.2) is 8.42 Å². The quantitative estimate of drug-likeness (QED) is 0.877. The van der Waals surface area contributed by atoms with Gasteiger partial charge in [-0.1, -0.05) is 13.0 Å². The molecule has 0 aromatic heterocycles. The highest BCUT2D eigenvalue weighted by atomic mass is 32.2. The maximum Gasteiger partial charge on any atom is 0.175 e. The van der Waals surface area contributed by atoms with Crippen molar-refractivity contribution in [1.29, 1.82) is 0 Å². The highest BCUT2D eigenvalue weighted by molar-refractivity contribution is 7.90. The highest BCUT2D eigenvalue weighted by Gasteiger charge is 2.18. The summed E-state index contributed by atoms with van der Waals surface area (Å²) in [6, 6.07) is 3.68. The van der Waals surface area contributed by atoms with Crippen molar-refractivity contribution in [2.75, 3.05) is 12.8 Å². The smallest absolute Gasteiger partial charge is 0.175 e. The van der Waals surface area contributed by atoms with E-state index in [1.165, 1.54) is 6.26 Å². The molecule has 0 spiro atoms. The zero-order chi connectivity index (χ0) is 12.5. The number of sulfone groups is 1. The molecule has 0 aliphatic heterocycles. The normalized spacial score (nSPS) is 13.8. The molecule has 3 nitrogen and oxygen atoms in total. The first-order valence-electron chi connectivity index (χ1n) is 5.28. The van der Waals surface area contributed by atoms with Crippen LogP contribution < -0.4 is 5.73 Å². The topological polar surface area (TPSA) is 60.2 Å². The van der Waals surface area contributed by atoms with Crippen LogP contribution in [0.2, 0.25) is 0 Å². The van der Waals surface area contributed by atoms with Gasteiger partial charge in [0.15, 0.2) is 9.84 Å². The monoisotopic (exact) mass is 241 g/mol. The summed E-state index contributed by atoms with van der Waals surface area (Å²) in [7, 11) is -3.18. The average Bonchev–Trinajstić information content (AvgIpc) is 2.18. The SMILES string of the molecule is Cc1cc(C(C)CN)c(S(C)(=O)=O)cc1C. The van der Waals surface area contributed by atoms with Crippen molar-refractivity contribution >= 4 is 9.84 Å². The Kier molecular flexibility index (Phi) is 3.76. The molecular weight excluding hydrogens is 222 g/mol. The van der Waals surface area contributed by atoms with Crippen molar-refractivity contribution in [3.05, 3.63) is 28.8 Å². The molecule has 16 heavy (non-hydrogen) atoms. The van der Waals surface area contributed by atoms with E-state index in [0.29, 0.717) is 11.4 Å². The minimum atomic E-state index is -3.18. The zero-order valence-corrected chi connectivity index (χ0v) is 11.1. The van der Waals surface area contributed by atoms with Crippen LogP contribution in [0.4, 0.5) is 0 Å². The van der Waals surface area contributed by atoms with Gasteiger partial charge in [-0.3, -0.25) is 0 Å². The molecule has 1 aromatic carbocycles. The molecule has 0 amide bonds. The molecule has 4 heteroatoms. The first kappa shape index (κ1) is 13.2. The fourth-order valence-corrected chi connectivity index (χ4v) is 2.72. The number of hydrogen-bond donors (Lipinski definition) is 1. The van der Waals surface area contributed by atoms with Crippen molar-refractivity contribution in [2.24, 2.45) is 5.73 Å². The summed E-state index contributed by atoms with van der Waals surface area (Å²) in [5, 5.41) is 0. The van der Waals surface area contributed by atoms with Gasteiger partial charge in [-0.05, 0) is 49.1 Å². The van der Waals surface area contributed by atoms with Gasteiger partial charge in [-0.2, -0.15) is 0 Å². The summed E-state index contributed by atoms with van der Waals surface area (Å²) in [6.07, 6.45) is 1.24. The van der Waals surface area contributed by atoms with Gasteiger partial charge in [0, 0.05) is 6.26 Å². The van der Waals surface area contributed by atoms with E-state index >= 15 is 0 Å². The van der Waals surface area contributed by atoms with Gasteiger partial charge in [-0.15, -0.1) is 0 Å². The third kappa shape index (κ3) is 2.62. The Balaban J connectivity index is 3.52. The molecule has 2 N–H and O–H groups in total. The standard InChI is InChI=1S/C12H19NO2S/c1-8-5-11(10(3)7-13)12(6-9(8)2)16(4,14)15/h5-6,10H,7,13H2,1-4H3. The van der Waals surface area contributed by atoms with Crippen molar-refractivity contribution in [1.82, 2.24) is 0 Å². The summed E-state index contributed by atoms with van der Waals surface area (Å²) in [4.78, 5) is 0.411. The van der Waals surface area contributed by atoms with Crippen LogP contribution in [0.25, 0.3) is 0 Å². The van der Waals surface area contributed by atoms with Crippen LogP contribution in [0.3, 0.4) is 0 Å². The maximum absolute atomic E-state index is 11.7. The summed E-state index contributed by atoms with van der Waals surface area (Å²) in [6.45, 7) is 6.29. The molecule has 0 heterocycles. The molecule has 1 aromatic rings. The van der Waals surface area contributed by atoms with Crippen molar-refractivity contribution in [3.63, 3.8) is 0 Å². The van der Waals surface area contributed by atoms with E-state index in [0.717, 1.165) is 16.7 Å². The van der Waals surface area contributed by atoms with E-state index in [9.17, 15) is 8.42 Å². The van der Waals surface area contributed by atoms with Gasteiger partial charge in [0.05, 0.1) is 4.90 Å². The Morgan fingerprint density at radius 3 is 2.19 bits per heavy atom. The van der Waals surface area contributed by atoms with Crippen LogP contribution in [0.5, 0.6) is 0 Å². The van der Waals surface area contributed by atoms with Crippen molar-refractivity contribution < 1.29 is 8.42 Å². The van der Waals surface area contributed by atoms with Crippen LogP contribution >= 0.6 is 0 Å². The van der Waals surface area contributed by atoms with E-state index in [4.69, 9.17) is 5.73 Å². The molecule has 0 fully saturated rings. The third-order valence-electron chi connectivity index (χ3n) is 2.91. The lowest BCUT2D eigenvalue weighted by Gasteiger charge is -2.16. The lowest BCUT2D eigenvalue weighted by molar-refractivity contribution is 0.598. The average molecular weight is 241 g/mol. The second-order valence-electron chi connectivity index (χ2n) is 4.38. The molecule has 1 atom stereocenters. The molecule has 1 unspecified atom stereocenters. The molecule has 0 radical (unpaired) electrons. The predicted octanol–water partition coefficient (Wildman–Crippen LogP) is 1.77. The molecule has 0 aliphatic rings. The molecular formula is C12H19NO2S. The van der Waals surface area contributed by atoms with Crippen LogP contribution in [0, 0.1) is 13.8 Å². The van der Waals surface area contributed by atoms with Crippen LogP contribution in [-0.2, 0) is 9.84 Å². The van der Waals surface area contributed by atoms with E-state index in [2.05, 4.69) is 0 Å². The first-order chi connectivity index (χ1) is 7.27. The number of aryl methyl sites for hydroxylation is 2. The van der Waals surface area contributed by atoms with Gasteiger partial charge in [0.2, 0.25) is 0 Å². The Labute approximate surface area is 97.6 Å². The van der Waals surface area contributed by atoms with E-state index < -0.39 is 9.84 Å². The largest absolute Gasteiger partial charge is 0.330 e. The Morgan fingerprint density at radius 1 is 1.25 bits per heavy atom. The summed E-state index contributed by atoms with van der Waals surface area (Å²) < 4.78 is 23.4. The fourth-order valence-electron chi connectivity index (χ4n) is 1.65. The molecule has 0 saturated carbocycles. The molecule has 0 saturated heterocycles. The zero-order valence-electron chi connectivity index (χ0n) is 10.2. The summed E-state index contributed by atoms with van der Waals surface area (Å²) >= 11 is 0. The predicted molar refractivity (Wildman–Crippen MR) is 66.5 cm³/mol. The van der Waals surface area contributed by atoms with E-state index in [1.807, 2.05) is 26.8 Å². The number of benzene rings is 1. The second kappa shape index (κ2) is 4.55. The van der Waals surface area contributed by atoms with Crippen molar-refractivity contribution in [2.45, 2.75) is 31.6 Å². The van der Waals surface area contributed by atoms with E-state index in [-0.39, 0.29) is 5.92 Å². The fraction of sp³-hybridized carbons (Fsp3) is 0.500. The maximum atomic E-state index is 11.7. The van der Waals surface area contributed by atoms with Crippen LogP contribution in [0.1, 0.15) is 29.5 Å². The Hall–Kier alpha value is -0.870. The van der Waals surface area contributed by atoms with E-state index in [1.54, 1.807) is 6.07 Å². The minimum Gasteiger partial charge on any atom is -0.330 e. The van der Waals surface area contributed by atoms with Gasteiger partial charge >= 0.3 is 0 Å². The highest BCUT2D eigenvalue weighted by Crippen LogP contribution is 2.26. The van der Waals surface area contributed by atoms with Gasteiger partial charge in [0.25, 0.3) is 0 Å². The summed E-state index contributed by atoms with van der Waals surface area (Å²) in [5.74, 6) is 0.0593. The van der Waals surface area contributed by atoms with Gasteiger partial charge < -0.3 is 5.73 Å². The molecule has 90 valence electrons. The second-order valence-corrected chi connectivity index (χ2v) is 6.37.